The summed E-state index contributed by atoms with van der Waals surface area (Å²) in [5.41, 5.74) is 3.18. The summed E-state index contributed by atoms with van der Waals surface area (Å²) in [5.74, 6) is 0.716. The van der Waals surface area contributed by atoms with Gasteiger partial charge < -0.3 is 9.72 Å². The molecule has 0 bridgehead atoms. The minimum Gasteiger partial charge on any atom is -0.490 e. The molecule has 4 nitrogen and oxygen atoms in total. The predicted molar refractivity (Wildman–Crippen MR) is 99.5 cm³/mol. The summed E-state index contributed by atoms with van der Waals surface area (Å²) >= 11 is 3.48. The molecule has 0 aliphatic heterocycles. The molecule has 2 heterocycles. The molecule has 2 aromatic heterocycles. The number of hydrogen-bond acceptors (Lipinski definition) is 3. The van der Waals surface area contributed by atoms with Crippen molar-refractivity contribution in [2.24, 2.45) is 0 Å². The van der Waals surface area contributed by atoms with Gasteiger partial charge in [-0.3, -0.25) is 4.98 Å². The number of pyridine rings is 1. The first kappa shape index (κ1) is 16.3. The highest BCUT2D eigenvalue weighted by Crippen LogP contribution is 2.30. The van der Waals surface area contributed by atoms with Crippen molar-refractivity contribution in [1.29, 1.82) is 5.26 Å². The lowest BCUT2D eigenvalue weighted by Gasteiger charge is -2.12. The Morgan fingerprint density at radius 2 is 2.21 bits per heavy atom. The summed E-state index contributed by atoms with van der Waals surface area (Å²) in [6.45, 7) is 3.94. The highest BCUT2D eigenvalue weighted by molar-refractivity contribution is 9.10. The number of nitriles is 1. The third-order valence-corrected chi connectivity index (χ3v) is 4.02. The minimum atomic E-state index is 0.0501. The van der Waals surface area contributed by atoms with Crippen LogP contribution in [0.15, 0.2) is 47.3 Å². The maximum atomic E-state index is 9.66. The largest absolute Gasteiger partial charge is 0.490 e. The number of fused-ring (bicyclic) bond motifs is 1. The Bertz CT molecular complexity index is 951. The molecule has 0 aliphatic rings. The highest BCUT2D eigenvalue weighted by Gasteiger charge is 2.11. The van der Waals surface area contributed by atoms with E-state index in [1.165, 1.54) is 0 Å². The fraction of sp³-hybridized carbons (Fsp3) is 0.158. The van der Waals surface area contributed by atoms with Gasteiger partial charge in [0.25, 0.3) is 0 Å². The van der Waals surface area contributed by atoms with Crippen molar-refractivity contribution in [3.05, 3.63) is 58.5 Å². The van der Waals surface area contributed by atoms with Crippen LogP contribution >= 0.6 is 15.9 Å². The average Bonchev–Trinajstić information content (AvgIpc) is 2.96. The van der Waals surface area contributed by atoms with Crippen LogP contribution in [-0.4, -0.2) is 16.1 Å². The number of nitrogens with one attached hydrogen (secondary N) is 1. The van der Waals surface area contributed by atoms with E-state index < -0.39 is 0 Å². The Labute approximate surface area is 148 Å². The molecule has 3 rings (SSSR count). The molecule has 3 aromatic rings. The topological polar surface area (TPSA) is 61.7 Å². The number of rotatable bonds is 4. The maximum absolute atomic E-state index is 9.66. The number of hydrogen-bond donors (Lipinski definition) is 1. The van der Waals surface area contributed by atoms with E-state index in [1.54, 1.807) is 12.4 Å². The van der Waals surface area contributed by atoms with Crippen LogP contribution in [0.4, 0.5) is 0 Å². The fourth-order valence-corrected chi connectivity index (χ4v) is 2.87. The predicted octanol–water partition coefficient (Wildman–Crippen LogP) is 5.18. The second kappa shape index (κ2) is 6.90. The van der Waals surface area contributed by atoms with E-state index in [1.807, 2.05) is 50.4 Å². The van der Waals surface area contributed by atoms with Gasteiger partial charge in [0.15, 0.2) is 0 Å². The van der Waals surface area contributed by atoms with Crippen molar-refractivity contribution in [2.75, 3.05) is 0 Å². The molecular weight excluding hydrogens is 366 g/mol. The van der Waals surface area contributed by atoms with E-state index in [-0.39, 0.29) is 6.10 Å². The van der Waals surface area contributed by atoms with Gasteiger partial charge >= 0.3 is 0 Å². The second-order valence-corrected chi connectivity index (χ2v) is 6.56. The number of H-pyrrole nitrogens is 1. The molecule has 1 aromatic carbocycles. The second-order valence-electron chi connectivity index (χ2n) is 5.64. The summed E-state index contributed by atoms with van der Waals surface area (Å²) in [6, 6.07) is 10.0. The number of allylic oxidation sites excluding steroid dienone is 1. The van der Waals surface area contributed by atoms with E-state index >= 15 is 0 Å². The molecule has 24 heavy (non-hydrogen) atoms. The first-order valence-electron chi connectivity index (χ1n) is 7.58. The van der Waals surface area contributed by atoms with Gasteiger partial charge in [-0.25, -0.2) is 0 Å². The van der Waals surface area contributed by atoms with Crippen molar-refractivity contribution in [2.45, 2.75) is 20.0 Å². The van der Waals surface area contributed by atoms with Crippen LogP contribution in [-0.2, 0) is 0 Å². The molecule has 0 aliphatic carbocycles. The molecule has 0 saturated carbocycles. The summed E-state index contributed by atoms with van der Waals surface area (Å²) in [7, 11) is 0. The van der Waals surface area contributed by atoms with Crippen LogP contribution in [0.25, 0.3) is 22.6 Å². The molecule has 0 unspecified atom stereocenters. The van der Waals surface area contributed by atoms with Crippen LogP contribution in [0.1, 0.15) is 25.0 Å². The van der Waals surface area contributed by atoms with E-state index in [4.69, 9.17) is 4.74 Å². The molecule has 120 valence electrons. The Morgan fingerprint density at radius 1 is 1.38 bits per heavy atom. The zero-order valence-electron chi connectivity index (χ0n) is 13.4. The maximum Gasteiger partial charge on any atom is 0.130 e. The van der Waals surface area contributed by atoms with Crippen molar-refractivity contribution >= 4 is 38.5 Å². The molecule has 0 radical (unpaired) electrons. The zero-order valence-corrected chi connectivity index (χ0v) is 15.0. The lowest BCUT2D eigenvalue weighted by atomic mass is 10.0. The van der Waals surface area contributed by atoms with Crippen molar-refractivity contribution in [3.8, 4) is 11.8 Å². The van der Waals surface area contributed by atoms with Crippen molar-refractivity contribution in [3.63, 3.8) is 0 Å². The molecular formula is C19H16BrN3O. The summed E-state index contributed by atoms with van der Waals surface area (Å²) in [5, 5.41) is 10.6. The number of nitrogens with zero attached hydrogens (tertiary/aromatic N) is 2. The number of aromatic nitrogens is 2. The molecule has 0 fully saturated rings. The first-order chi connectivity index (χ1) is 11.6. The smallest absolute Gasteiger partial charge is 0.130 e. The molecule has 0 spiro atoms. The third-order valence-electron chi connectivity index (χ3n) is 3.53. The molecule has 0 amide bonds. The molecule has 0 atom stereocenters. The summed E-state index contributed by atoms with van der Waals surface area (Å²) in [4.78, 5) is 7.35. The van der Waals surface area contributed by atoms with Crippen LogP contribution in [0.3, 0.4) is 0 Å². The third kappa shape index (κ3) is 3.34. The fourth-order valence-electron chi connectivity index (χ4n) is 2.51. The molecule has 5 heteroatoms. The molecule has 0 saturated heterocycles. The van der Waals surface area contributed by atoms with Crippen LogP contribution < -0.4 is 4.74 Å². The number of benzene rings is 1. The monoisotopic (exact) mass is 381 g/mol. The highest BCUT2D eigenvalue weighted by atomic mass is 79.9. The number of halogens is 1. The lowest BCUT2D eigenvalue weighted by Crippen LogP contribution is -2.06. The Hall–Kier alpha value is -2.58. The van der Waals surface area contributed by atoms with Crippen LogP contribution in [0.2, 0.25) is 0 Å². The minimum absolute atomic E-state index is 0.0501. The number of ether oxygens (including phenoxy) is 1. The van der Waals surface area contributed by atoms with Gasteiger partial charge in [0.05, 0.1) is 17.7 Å². The van der Waals surface area contributed by atoms with Crippen LogP contribution in [0, 0.1) is 11.3 Å². The Morgan fingerprint density at radius 3 is 2.96 bits per heavy atom. The quantitative estimate of drug-likeness (QED) is 0.633. The van der Waals surface area contributed by atoms with Gasteiger partial charge in [-0.1, -0.05) is 15.9 Å². The van der Waals surface area contributed by atoms with Gasteiger partial charge in [-0.05, 0) is 44.2 Å². The van der Waals surface area contributed by atoms with Crippen LogP contribution in [0.5, 0.6) is 5.75 Å². The van der Waals surface area contributed by atoms with E-state index in [2.05, 4.69) is 32.0 Å². The SMILES string of the molecule is CC(C)Oc1ccncc1C=C(C#N)c1c[nH]c2ccc(Br)cc12. The van der Waals surface area contributed by atoms with Gasteiger partial charge in [-0.2, -0.15) is 5.26 Å². The Balaban J connectivity index is 2.10. The summed E-state index contributed by atoms with van der Waals surface area (Å²) in [6.07, 6.45) is 7.11. The van der Waals surface area contributed by atoms with E-state index in [0.29, 0.717) is 11.3 Å². The van der Waals surface area contributed by atoms with E-state index in [9.17, 15) is 5.26 Å². The van der Waals surface area contributed by atoms with Gasteiger partial charge in [0.1, 0.15) is 5.75 Å². The molecule has 1 N–H and O–H groups in total. The van der Waals surface area contributed by atoms with Crippen molar-refractivity contribution in [1.82, 2.24) is 9.97 Å². The number of aromatic amines is 1. The standard InChI is InChI=1S/C19H16BrN3O/c1-12(2)24-19-5-6-22-10-14(19)7-13(9-21)17-11-23-18-4-3-15(20)8-16(17)18/h3-8,10-12,23H,1-2H3. The summed E-state index contributed by atoms with van der Waals surface area (Å²) < 4.78 is 6.78. The van der Waals surface area contributed by atoms with Gasteiger partial charge in [0, 0.05) is 45.1 Å². The average molecular weight is 382 g/mol. The zero-order chi connectivity index (χ0) is 17.1. The van der Waals surface area contributed by atoms with Gasteiger partial charge in [-0.15, -0.1) is 0 Å². The normalized spacial score (nSPS) is 11.7. The Kier molecular flexibility index (Phi) is 4.68. The van der Waals surface area contributed by atoms with E-state index in [0.717, 1.165) is 26.5 Å². The van der Waals surface area contributed by atoms with Crippen molar-refractivity contribution < 1.29 is 4.74 Å². The lowest BCUT2D eigenvalue weighted by molar-refractivity contribution is 0.241. The van der Waals surface area contributed by atoms with Gasteiger partial charge in [0.2, 0.25) is 0 Å². The first-order valence-corrected chi connectivity index (χ1v) is 8.37.